The van der Waals surface area contributed by atoms with E-state index in [2.05, 4.69) is 5.32 Å². The number of anilines is 2. The maximum atomic E-state index is 13.8. The highest BCUT2D eigenvalue weighted by molar-refractivity contribution is 6.33. The van der Waals surface area contributed by atoms with Gasteiger partial charge >= 0.3 is 5.97 Å². The maximum absolute atomic E-state index is 13.8. The number of nitrogens with zero attached hydrogens (tertiary/aromatic N) is 1. The van der Waals surface area contributed by atoms with Crippen LogP contribution in [0.15, 0.2) is 30.3 Å². The molecule has 0 saturated heterocycles. The van der Waals surface area contributed by atoms with E-state index in [4.69, 9.17) is 22.0 Å². The van der Waals surface area contributed by atoms with Gasteiger partial charge in [0, 0.05) is 0 Å². The van der Waals surface area contributed by atoms with E-state index in [9.17, 15) is 13.6 Å². The highest BCUT2D eigenvalue weighted by atomic mass is 35.5. The van der Waals surface area contributed by atoms with Crippen molar-refractivity contribution in [3.05, 3.63) is 58.1 Å². The van der Waals surface area contributed by atoms with Gasteiger partial charge in [-0.3, -0.25) is 0 Å². The Morgan fingerprint density at radius 1 is 1.24 bits per heavy atom. The Bertz CT molecular complexity index is 749. The summed E-state index contributed by atoms with van der Waals surface area (Å²) in [5.74, 6) is -3.60. The molecule has 7 heteroatoms. The van der Waals surface area contributed by atoms with Gasteiger partial charge in [-0.1, -0.05) is 11.6 Å². The Morgan fingerprint density at radius 3 is 2.38 bits per heavy atom. The van der Waals surface area contributed by atoms with E-state index in [1.54, 1.807) is 0 Å². The molecule has 106 valence electrons. The van der Waals surface area contributed by atoms with Crippen LogP contribution in [0.3, 0.4) is 0 Å². The minimum Gasteiger partial charge on any atom is -0.478 e. The average Bonchev–Trinajstić information content (AvgIpc) is 2.44. The second kappa shape index (κ2) is 5.77. The number of aromatic carboxylic acids is 1. The number of carbonyl (C=O) groups is 1. The molecule has 2 aromatic rings. The summed E-state index contributed by atoms with van der Waals surface area (Å²) in [6.07, 6.45) is 0. The smallest absolute Gasteiger partial charge is 0.335 e. The van der Waals surface area contributed by atoms with E-state index in [0.717, 1.165) is 0 Å². The minimum atomic E-state index is -1.44. The molecular weight excluding hydrogens is 302 g/mol. The zero-order chi connectivity index (χ0) is 15.6. The quantitative estimate of drug-likeness (QED) is 0.901. The van der Waals surface area contributed by atoms with Crippen LogP contribution in [0.5, 0.6) is 0 Å². The van der Waals surface area contributed by atoms with Gasteiger partial charge in [0.25, 0.3) is 0 Å². The van der Waals surface area contributed by atoms with Crippen LogP contribution in [-0.2, 0) is 0 Å². The second-order valence-electron chi connectivity index (χ2n) is 4.05. The summed E-state index contributed by atoms with van der Waals surface area (Å²) < 4.78 is 27.6. The number of rotatable bonds is 3. The molecule has 0 heterocycles. The van der Waals surface area contributed by atoms with Crippen LogP contribution in [0.4, 0.5) is 20.2 Å². The average molecular weight is 309 g/mol. The molecule has 0 aromatic heterocycles. The van der Waals surface area contributed by atoms with Crippen molar-refractivity contribution in [3.8, 4) is 6.07 Å². The molecule has 0 aliphatic rings. The SMILES string of the molecule is N#Cc1ccc(Cl)c(Nc2c(F)cc(C(=O)O)cc2F)c1. The van der Waals surface area contributed by atoms with Gasteiger partial charge in [-0.25, -0.2) is 13.6 Å². The molecular formula is C14H7ClF2N2O2. The Labute approximate surface area is 123 Å². The molecule has 2 aromatic carbocycles. The molecule has 21 heavy (non-hydrogen) atoms. The summed E-state index contributed by atoms with van der Waals surface area (Å²) in [4.78, 5) is 10.7. The van der Waals surface area contributed by atoms with Crippen molar-refractivity contribution in [1.29, 1.82) is 5.26 Å². The topological polar surface area (TPSA) is 73.1 Å². The van der Waals surface area contributed by atoms with Crippen molar-refractivity contribution >= 4 is 28.9 Å². The number of nitriles is 1. The van der Waals surface area contributed by atoms with Gasteiger partial charge in [0.1, 0.15) is 5.69 Å². The fraction of sp³-hybridized carbons (Fsp3) is 0. The number of hydrogen-bond donors (Lipinski definition) is 2. The van der Waals surface area contributed by atoms with Crippen LogP contribution in [0.25, 0.3) is 0 Å². The maximum Gasteiger partial charge on any atom is 0.335 e. The molecule has 0 spiro atoms. The summed E-state index contributed by atoms with van der Waals surface area (Å²) in [5, 5.41) is 20.1. The molecule has 0 aliphatic carbocycles. The Hall–Kier alpha value is -2.65. The van der Waals surface area contributed by atoms with E-state index in [-0.39, 0.29) is 16.3 Å². The Morgan fingerprint density at radius 2 is 1.86 bits per heavy atom. The third-order valence-corrected chi connectivity index (χ3v) is 2.97. The van der Waals surface area contributed by atoms with Crippen molar-refractivity contribution in [1.82, 2.24) is 0 Å². The lowest BCUT2D eigenvalue weighted by Crippen LogP contribution is -2.03. The zero-order valence-electron chi connectivity index (χ0n) is 10.3. The fourth-order valence-electron chi connectivity index (χ4n) is 1.64. The lowest BCUT2D eigenvalue weighted by molar-refractivity contribution is 0.0696. The normalized spacial score (nSPS) is 10.0. The number of halogens is 3. The first kappa shape index (κ1) is 14.8. The van der Waals surface area contributed by atoms with E-state index in [1.807, 2.05) is 6.07 Å². The summed E-state index contributed by atoms with van der Waals surface area (Å²) in [7, 11) is 0. The minimum absolute atomic E-state index is 0.136. The number of carboxylic acid groups (broad SMARTS) is 1. The van der Waals surface area contributed by atoms with Crippen LogP contribution in [-0.4, -0.2) is 11.1 Å². The van der Waals surface area contributed by atoms with E-state index < -0.39 is 28.9 Å². The van der Waals surface area contributed by atoms with Crippen molar-refractivity contribution in [2.24, 2.45) is 0 Å². The van der Waals surface area contributed by atoms with Gasteiger partial charge in [-0.15, -0.1) is 0 Å². The summed E-state index contributed by atoms with van der Waals surface area (Å²) >= 11 is 5.88. The second-order valence-corrected chi connectivity index (χ2v) is 4.46. The molecule has 0 unspecified atom stereocenters. The summed E-state index contributed by atoms with van der Waals surface area (Å²) in [6, 6.07) is 7.43. The molecule has 0 amide bonds. The molecule has 0 saturated carbocycles. The first-order chi connectivity index (χ1) is 9.92. The number of nitrogens with one attached hydrogen (secondary N) is 1. The molecule has 4 nitrogen and oxygen atoms in total. The lowest BCUT2D eigenvalue weighted by Gasteiger charge is -2.11. The molecule has 0 atom stereocenters. The van der Waals surface area contributed by atoms with Crippen molar-refractivity contribution in [2.45, 2.75) is 0 Å². The molecule has 2 N–H and O–H groups in total. The van der Waals surface area contributed by atoms with Gasteiger partial charge < -0.3 is 10.4 Å². The van der Waals surface area contributed by atoms with Crippen LogP contribution >= 0.6 is 11.6 Å². The Kier molecular flexibility index (Phi) is 4.05. The predicted molar refractivity (Wildman–Crippen MR) is 72.8 cm³/mol. The van der Waals surface area contributed by atoms with E-state index in [0.29, 0.717) is 12.1 Å². The van der Waals surface area contributed by atoms with Crippen molar-refractivity contribution in [3.63, 3.8) is 0 Å². The highest BCUT2D eigenvalue weighted by Gasteiger charge is 2.16. The fourth-order valence-corrected chi connectivity index (χ4v) is 1.81. The van der Waals surface area contributed by atoms with Gasteiger partial charge in [0.2, 0.25) is 0 Å². The summed E-state index contributed by atoms with van der Waals surface area (Å²) in [5.41, 5.74) is -0.661. The molecule has 2 rings (SSSR count). The predicted octanol–water partition coefficient (Wildman–Crippen LogP) is 3.93. The first-order valence-electron chi connectivity index (χ1n) is 5.61. The lowest BCUT2D eigenvalue weighted by atomic mass is 10.1. The molecule has 0 bridgehead atoms. The van der Waals surface area contributed by atoms with Crippen LogP contribution in [0, 0.1) is 23.0 Å². The van der Waals surface area contributed by atoms with Crippen molar-refractivity contribution < 1.29 is 18.7 Å². The monoisotopic (exact) mass is 308 g/mol. The standard InChI is InChI=1S/C14H7ClF2N2O2/c15-9-2-1-7(6-18)3-12(9)19-13-10(16)4-8(14(20)21)5-11(13)17/h1-5,19H,(H,20,21). The third-order valence-electron chi connectivity index (χ3n) is 2.64. The zero-order valence-corrected chi connectivity index (χ0v) is 11.1. The molecule has 0 aliphatic heterocycles. The van der Waals surface area contributed by atoms with Crippen LogP contribution < -0.4 is 5.32 Å². The van der Waals surface area contributed by atoms with Crippen LogP contribution in [0.2, 0.25) is 5.02 Å². The number of hydrogen-bond acceptors (Lipinski definition) is 3. The van der Waals surface area contributed by atoms with E-state index >= 15 is 0 Å². The van der Waals surface area contributed by atoms with Crippen LogP contribution in [0.1, 0.15) is 15.9 Å². The van der Waals surface area contributed by atoms with Gasteiger partial charge in [0.05, 0.1) is 27.9 Å². The highest BCUT2D eigenvalue weighted by Crippen LogP contribution is 2.30. The van der Waals surface area contributed by atoms with Gasteiger partial charge in [-0.2, -0.15) is 5.26 Å². The number of benzene rings is 2. The first-order valence-corrected chi connectivity index (χ1v) is 5.99. The molecule has 0 radical (unpaired) electrons. The Balaban J connectivity index is 2.45. The number of carboxylic acids is 1. The van der Waals surface area contributed by atoms with Gasteiger partial charge in [-0.05, 0) is 30.3 Å². The summed E-state index contributed by atoms with van der Waals surface area (Å²) in [6.45, 7) is 0. The molecule has 0 fully saturated rings. The largest absolute Gasteiger partial charge is 0.478 e. The van der Waals surface area contributed by atoms with E-state index in [1.165, 1.54) is 18.2 Å². The van der Waals surface area contributed by atoms with Crippen molar-refractivity contribution in [2.75, 3.05) is 5.32 Å². The third kappa shape index (κ3) is 3.09. The van der Waals surface area contributed by atoms with Gasteiger partial charge in [0.15, 0.2) is 11.6 Å².